The fourth-order valence-electron chi connectivity index (χ4n) is 3.41. The van der Waals surface area contributed by atoms with Gasteiger partial charge >= 0.3 is 19.5 Å². The number of nitrogens with zero attached hydrogens (tertiary/aromatic N) is 1. The van der Waals surface area contributed by atoms with Crippen LogP contribution in [0.25, 0.3) is 0 Å². The van der Waals surface area contributed by atoms with E-state index < -0.39 is 55.9 Å². The van der Waals surface area contributed by atoms with Gasteiger partial charge in [0.15, 0.2) is 0 Å². The molecule has 0 bridgehead atoms. The van der Waals surface area contributed by atoms with Gasteiger partial charge in [-0.05, 0) is 24.3 Å². The smallest absolute Gasteiger partial charge is 0.456 e. The van der Waals surface area contributed by atoms with E-state index in [0.717, 1.165) is 4.57 Å². The number of hydrogen-bond acceptors (Lipinski definition) is 8. The van der Waals surface area contributed by atoms with Crippen LogP contribution in [0.2, 0.25) is 0 Å². The zero-order chi connectivity index (χ0) is 25.0. The van der Waals surface area contributed by atoms with Crippen LogP contribution in [0.3, 0.4) is 0 Å². The van der Waals surface area contributed by atoms with Gasteiger partial charge in [-0.3, -0.25) is 23.8 Å². The SMILES string of the molecule is O=C(O[C@H]1C[C@H](n2cc(F)c(=O)[nH]c2=O)O[C@@H]1COP(=O)(O)Oc1ccccc1)c1ccccc1. The number of aromatic nitrogens is 2. The van der Waals surface area contributed by atoms with E-state index in [1.54, 1.807) is 36.4 Å². The molecule has 1 aliphatic rings. The summed E-state index contributed by atoms with van der Waals surface area (Å²) >= 11 is 0. The Labute approximate surface area is 197 Å². The first kappa shape index (κ1) is 24.6. The number of halogens is 1. The molecule has 184 valence electrons. The van der Waals surface area contributed by atoms with Crippen molar-refractivity contribution in [1.29, 1.82) is 0 Å². The van der Waals surface area contributed by atoms with Gasteiger partial charge in [0.25, 0.3) is 5.56 Å². The van der Waals surface area contributed by atoms with E-state index >= 15 is 0 Å². The summed E-state index contributed by atoms with van der Waals surface area (Å²) in [6.07, 6.45) is -2.81. The minimum Gasteiger partial charge on any atom is -0.456 e. The molecule has 11 nitrogen and oxygen atoms in total. The zero-order valence-corrected chi connectivity index (χ0v) is 18.9. The van der Waals surface area contributed by atoms with E-state index in [1.807, 2.05) is 4.98 Å². The van der Waals surface area contributed by atoms with Crippen molar-refractivity contribution in [3.63, 3.8) is 0 Å². The highest BCUT2D eigenvalue weighted by atomic mass is 31.2. The standard InChI is InChI=1S/C22H20FN2O9P/c23-16-12-25(22(28)24-20(16)26)19-11-17(33-21(27)14-7-3-1-4-8-14)18(32-19)13-31-35(29,30)34-15-9-5-2-6-10-15/h1-10,12,17-19H,11,13H2,(H,29,30)(H,24,26,28)/t17-,18+,19+/m0/s1. The predicted molar refractivity (Wildman–Crippen MR) is 118 cm³/mol. The molecule has 0 radical (unpaired) electrons. The molecule has 0 spiro atoms. The molecule has 1 aromatic heterocycles. The maximum Gasteiger partial charge on any atom is 0.527 e. The fourth-order valence-corrected chi connectivity index (χ4v) is 4.18. The van der Waals surface area contributed by atoms with E-state index in [9.17, 15) is 28.2 Å². The highest BCUT2D eigenvalue weighted by Crippen LogP contribution is 2.45. The van der Waals surface area contributed by atoms with Gasteiger partial charge in [-0.25, -0.2) is 14.2 Å². The number of H-pyrrole nitrogens is 1. The zero-order valence-electron chi connectivity index (χ0n) is 18.0. The van der Waals surface area contributed by atoms with E-state index in [1.165, 1.54) is 24.3 Å². The van der Waals surface area contributed by atoms with Crippen molar-refractivity contribution < 1.29 is 37.2 Å². The minimum atomic E-state index is -4.60. The maximum absolute atomic E-state index is 13.8. The lowest BCUT2D eigenvalue weighted by molar-refractivity contribution is -0.0511. The number of nitrogens with one attached hydrogen (secondary N) is 1. The van der Waals surface area contributed by atoms with E-state index in [0.29, 0.717) is 6.20 Å². The summed E-state index contributed by atoms with van der Waals surface area (Å²) in [6.45, 7) is -0.565. The normalized spacial score (nSPS) is 21.3. The molecule has 0 amide bonds. The average molecular weight is 506 g/mol. The number of benzene rings is 2. The van der Waals surface area contributed by atoms with Crippen LogP contribution in [0.1, 0.15) is 23.0 Å². The molecule has 2 aromatic carbocycles. The molecule has 3 aromatic rings. The number of phosphoric acid groups is 1. The first-order chi connectivity index (χ1) is 16.7. The van der Waals surface area contributed by atoms with Crippen LogP contribution in [0.4, 0.5) is 4.39 Å². The molecule has 1 unspecified atom stereocenters. The van der Waals surface area contributed by atoms with Crippen LogP contribution >= 0.6 is 7.82 Å². The van der Waals surface area contributed by atoms with Crippen LogP contribution in [0.5, 0.6) is 5.75 Å². The second kappa shape index (κ2) is 10.4. The summed E-state index contributed by atoms with van der Waals surface area (Å²) in [4.78, 5) is 48.0. The van der Waals surface area contributed by atoms with Crippen molar-refractivity contribution in [3.05, 3.63) is 99.1 Å². The Balaban J connectivity index is 1.52. The number of esters is 1. The number of carbonyl (C=O) groups excluding carboxylic acids is 1. The molecule has 13 heteroatoms. The lowest BCUT2D eigenvalue weighted by atomic mass is 10.1. The number of carbonyl (C=O) groups is 1. The second-order valence-corrected chi connectivity index (χ2v) is 8.86. The van der Waals surface area contributed by atoms with E-state index in [4.69, 9.17) is 18.5 Å². The lowest BCUT2D eigenvalue weighted by Crippen LogP contribution is -2.34. The Kier molecular flexibility index (Phi) is 7.27. The van der Waals surface area contributed by atoms with Crippen molar-refractivity contribution in [3.8, 4) is 5.75 Å². The summed E-state index contributed by atoms with van der Waals surface area (Å²) in [6, 6.07) is 15.8. The number of rotatable bonds is 8. The quantitative estimate of drug-likeness (QED) is 0.347. The first-order valence-electron chi connectivity index (χ1n) is 10.4. The monoisotopic (exact) mass is 506 g/mol. The Morgan fingerprint density at radius 3 is 2.49 bits per heavy atom. The van der Waals surface area contributed by atoms with E-state index in [-0.39, 0.29) is 17.7 Å². The molecule has 0 aliphatic carbocycles. The van der Waals surface area contributed by atoms with Crippen LogP contribution < -0.4 is 15.8 Å². The molecule has 2 heterocycles. The van der Waals surface area contributed by atoms with Gasteiger partial charge in [0, 0.05) is 6.42 Å². The highest BCUT2D eigenvalue weighted by molar-refractivity contribution is 7.47. The Bertz CT molecular complexity index is 1350. The summed E-state index contributed by atoms with van der Waals surface area (Å²) < 4.78 is 48.2. The number of aromatic amines is 1. The van der Waals surface area contributed by atoms with Gasteiger partial charge < -0.3 is 14.0 Å². The third-order valence-electron chi connectivity index (χ3n) is 5.05. The maximum atomic E-state index is 13.8. The van der Waals surface area contributed by atoms with Gasteiger partial charge in [-0.2, -0.15) is 4.39 Å². The summed E-state index contributed by atoms with van der Waals surface area (Å²) in [5.41, 5.74) is -1.91. The van der Waals surface area contributed by atoms with Gasteiger partial charge in [0.1, 0.15) is 24.2 Å². The molecule has 2 N–H and O–H groups in total. The van der Waals surface area contributed by atoms with Gasteiger partial charge in [0.2, 0.25) is 5.82 Å². The summed E-state index contributed by atoms with van der Waals surface area (Å²) in [7, 11) is -4.60. The fraction of sp³-hybridized carbons (Fsp3) is 0.227. The first-order valence-corrected chi connectivity index (χ1v) is 11.9. The number of ether oxygens (including phenoxy) is 2. The van der Waals surface area contributed by atoms with Crippen molar-refractivity contribution in [2.75, 3.05) is 6.61 Å². The predicted octanol–water partition coefficient (Wildman–Crippen LogP) is 2.38. The Morgan fingerprint density at radius 1 is 1.14 bits per heavy atom. The molecule has 1 saturated heterocycles. The molecular formula is C22H20FN2O9P. The van der Waals surface area contributed by atoms with Crippen molar-refractivity contribution >= 4 is 13.8 Å². The van der Waals surface area contributed by atoms with Gasteiger partial charge in [0.05, 0.1) is 18.4 Å². The molecule has 0 saturated carbocycles. The van der Waals surface area contributed by atoms with Gasteiger partial charge in [-0.15, -0.1) is 0 Å². The third kappa shape index (κ3) is 6.11. The topological polar surface area (TPSA) is 146 Å². The molecule has 35 heavy (non-hydrogen) atoms. The molecule has 4 rings (SSSR count). The number of hydrogen-bond donors (Lipinski definition) is 2. The summed E-state index contributed by atoms with van der Waals surface area (Å²) in [5, 5.41) is 0. The van der Waals surface area contributed by atoms with Crippen molar-refractivity contribution in [2.24, 2.45) is 0 Å². The van der Waals surface area contributed by atoms with E-state index in [2.05, 4.69) is 0 Å². The van der Waals surface area contributed by atoms with Crippen LogP contribution in [0.15, 0.2) is 76.4 Å². The third-order valence-corrected chi connectivity index (χ3v) is 5.97. The second-order valence-electron chi connectivity index (χ2n) is 7.49. The van der Waals surface area contributed by atoms with Crippen LogP contribution in [-0.2, 0) is 18.6 Å². The highest BCUT2D eigenvalue weighted by Gasteiger charge is 2.41. The number of para-hydroxylation sites is 1. The van der Waals surface area contributed by atoms with Crippen molar-refractivity contribution in [1.82, 2.24) is 9.55 Å². The Hall–Kier alpha value is -3.57. The van der Waals surface area contributed by atoms with Crippen LogP contribution in [-0.4, -0.2) is 39.2 Å². The largest absolute Gasteiger partial charge is 0.527 e. The molecule has 4 atom stereocenters. The average Bonchev–Trinajstić information content (AvgIpc) is 3.23. The number of phosphoric ester groups is 1. The Morgan fingerprint density at radius 2 is 1.80 bits per heavy atom. The molecular weight excluding hydrogens is 486 g/mol. The minimum absolute atomic E-state index is 0.0888. The molecule has 1 aliphatic heterocycles. The summed E-state index contributed by atoms with van der Waals surface area (Å²) in [5.74, 6) is -1.84. The van der Waals surface area contributed by atoms with Crippen LogP contribution in [0, 0.1) is 5.82 Å². The lowest BCUT2D eigenvalue weighted by Gasteiger charge is -2.20. The van der Waals surface area contributed by atoms with Gasteiger partial charge in [-0.1, -0.05) is 36.4 Å². The molecule has 1 fully saturated rings. The van der Waals surface area contributed by atoms with Crippen molar-refractivity contribution in [2.45, 2.75) is 24.9 Å².